The van der Waals surface area contributed by atoms with Gasteiger partial charge < -0.3 is 0 Å². The summed E-state index contributed by atoms with van der Waals surface area (Å²) < 4.78 is 39.9. The number of halogens is 3. The minimum absolute atomic E-state index is 0.218. The summed E-state index contributed by atoms with van der Waals surface area (Å²) in [6, 6.07) is 16.2. The van der Waals surface area contributed by atoms with E-state index in [0.717, 1.165) is 35.9 Å². The van der Waals surface area contributed by atoms with E-state index < -0.39 is 11.7 Å². The number of pyridine rings is 1. The normalized spacial score (nSPS) is 11.9. The van der Waals surface area contributed by atoms with Crippen molar-refractivity contribution in [1.29, 1.82) is 0 Å². The van der Waals surface area contributed by atoms with Crippen LogP contribution in [0.3, 0.4) is 0 Å². The molecule has 5 heteroatoms. The molecule has 1 aromatic heterocycles. The molecule has 0 bridgehead atoms. The van der Waals surface area contributed by atoms with Gasteiger partial charge in [-0.05, 0) is 61.2 Å². The number of alkyl halides is 3. The quantitative estimate of drug-likeness (QED) is 0.411. The van der Waals surface area contributed by atoms with Crippen LogP contribution in [0.25, 0.3) is 11.3 Å². The second-order valence-electron chi connectivity index (χ2n) is 7.93. The topological polar surface area (TPSA) is 16.1 Å². The number of aryl methyl sites for hydroxylation is 3. The first kappa shape index (κ1) is 23.0. The van der Waals surface area contributed by atoms with Crippen molar-refractivity contribution in [1.82, 2.24) is 9.88 Å². The molecule has 0 radical (unpaired) electrons. The molecule has 0 saturated carbocycles. The molecule has 0 aliphatic rings. The zero-order valence-corrected chi connectivity index (χ0v) is 18.6. The van der Waals surface area contributed by atoms with Crippen LogP contribution in [-0.2, 0) is 32.1 Å². The maximum atomic E-state index is 13.3. The molecule has 0 saturated heterocycles. The molecule has 31 heavy (non-hydrogen) atoms. The van der Waals surface area contributed by atoms with E-state index in [1.165, 1.54) is 22.8 Å². The summed E-state index contributed by atoms with van der Waals surface area (Å²) in [5, 5.41) is 0. The van der Waals surface area contributed by atoms with Crippen molar-refractivity contribution < 1.29 is 13.2 Å². The van der Waals surface area contributed by atoms with Gasteiger partial charge in [-0.1, -0.05) is 56.3 Å². The van der Waals surface area contributed by atoms with Crippen molar-refractivity contribution in [3.05, 3.63) is 88.1 Å². The van der Waals surface area contributed by atoms with Crippen molar-refractivity contribution in [3.63, 3.8) is 0 Å². The predicted molar refractivity (Wildman–Crippen MR) is 120 cm³/mol. The fraction of sp³-hybridized carbons (Fsp3) is 0.346. The third kappa shape index (κ3) is 5.34. The highest BCUT2D eigenvalue weighted by Crippen LogP contribution is 2.33. The lowest BCUT2D eigenvalue weighted by molar-refractivity contribution is -0.138. The molecule has 3 aromatic rings. The first-order valence-corrected chi connectivity index (χ1v) is 10.7. The molecule has 3 rings (SSSR count). The second kappa shape index (κ2) is 9.65. The summed E-state index contributed by atoms with van der Waals surface area (Å²) in [7, 11) is 1.84. The van der Waals surface area contributed by atoms with Gasteiger partial charge in [0.25, 0.3) is 0 Å². The van der Waals surface area contributed by atoms with Crippen LogP contribution in [0.15, 0.2) is 54.6 Å². The van der Waals surface area contributed by atoms with Crippen LogP contribution in [-0.4, -0.2) is 16.9 Å². The monoisotopic (exact) mass is 426 g/mol. The fourth-order valence-corrected chi connectivity index (χ4v) is 4.04. The largest absolute Gasteiger partial charge is 0.416 e. The van der Waals surface area contributed by atoms with Gasteiger partial charge in [0.1, 0.15) is 0 Å². The zero-order valence-electron chi connectivity index (χ0n) is 18.6. The molecular weight excluding hydrogens is 397 g/mol. The van der Waals surface area contributed by atoms with Crippen LogP contribution < -0.4 is 0 Å². The molecule has 0 spiro atoms. The number of hydrogen-bond acceptors (Lipinski definition) is 2. The number of rotatable bonds is 7. The van der Waals surface area contributed by atoms with Crippen molar-refractivity contribution in [2.45, 2.75) is 52.9 Å². The number of hydrogen-bond donors (Lipinski definition) is 0. The number of nitrogens with zero attached hydrogens (tertiary/aromatic N) is 2. The first-order valence-electron chi connectivity index (χ1n) is 10.7. The Balaban J connectivity index is 1.83. The molecule has 0 aliphatic heterocycles. The van der Waals surface area contributed by atoms with E-state index >= 15 is 0 Å². The average molecular weight is 427 g/mol. The van der Waals surface area contributed by atoms with Crippen molar-refractivity contribution >= 4 is 0 Å². The van der Waals surface area contributed by atoms with Crippen molar-refractivity contribution in [2.24, 2.45) is 0 Å². The maximum Gasteiger partial charge on any atom is 0.416 e. The third-order valence-electron chi connectivity index (χ3n) is 5.65. The van der Waals surface area contributed by atoms with Gasteiger partial charge in [0.2, 0.25) is 0 Å². The Morgan fingerprint density at radius 1 is 0.774 bits per heavy atom. The van der Waals surface area contributed by atoms with Crippen LogP contribution in [0.5, 0.6) is 0 Å². The Morgan fingerprint density at radius 3 is 1.94 bits per heavy atom. The summed E-state index contributed by atoms with van der Waals surface area (Å²) in [6.45, 7) is 7.01. The molecule has 2 nitrogen and oxygen atoms in total. The highest BCUT2D eigenvalue weighted by Gasteiger charge is 2.33. The lowest BCUT2D eigenvalue weighted by atomic mass is 9.94. The third-order valence-corrected chi connectivity index (χ3v) is 5.65. The molecule has 164 valence electrons. The minimum atomic E-state index is -4.35. The summed E-state index contributed by atoms with van der Waals surface area (Å²) >= 11 is 0. The number of aromatic nitrogens is 1. The Hall–Kier alpha value is -2.66. The van der Waals surface area contributed by atoms with Gasteiger partial charge >= 0.3 is 6.18 Å². The van der Waals surface area contributed by atoms with E-state index in [1.54, 1.807) is 12.1 Å². The molecule has 0 atom stereocenters. The summed E-state index contributed by atoms with van der Waals surface area (Å²) in [4.78, 5) is 6.77. The molecule has 0 fully saturated rings. The maximum absolute atomic E-state index is 13.3. The Labute approximate surface area is 182 Å². The Morgan fingerprint density at radius 2 is 1.35 bits per heavy atom. The van der Waals surface area contributed by atoms with E-state index in [9.17, 15) is 13.2 Å². The smallest absolute Gasteiger partial charge is 0.298 e. The summed E-state index contributed by atoms with van der Waals surface area (Å²) in [5.74, 6) is 0. The molecule has 0 N–H and O–H groups in total. The van der Waals surface area contributed by atoms with E-state index in [4.69, 9.17) is 4.98 Å². The standard InChI is InChI=1S/C26H29F3N2/c1-5-19-11-9-12-20(6-2)25(19)24-15-14-21(18(3)30-24)16-31(4)17-22-10-7-8-13-23(22)26(27,28)29/h7-15H,5-6,16-17H2,1-4H3. The van der Waals surface area contributed by atoms with Crippen LogP contribution in [0, 0.1) is 6.92 Å². The molecular formula is C26H29F3N2. The van der Waals surface area contributed by atoms with Crippen LogP contribution in [0.4, 0.5) is 13.2 Å². The molecule has 0 amide bonds. The fourth-order valence-electron chi connectivity index (χ4n) is 4.04. The Kier molecular flexibility index (Phi) is 7.16. The zero-order chi connectivity index (χ0) is 22.6. The van der Waals surface area contributed by atoms with Crippen molar-refractivity contribution in [2.75, 3.05) is 7.05 Å². The molecule has 2 aromatic carbocycles. The van der Waals surface area contributed by atoms with Gasteiger partial charge in [0, 0.05) is 24.3 Å². The van der Waals surface area contributed by atoms with Gasteiger partial charge in [-0.2, -0.15) is 13.2 Å². The summed E-state index contributed by atoms with van der Waals surface area (Å²) in [5.41, 5.74) is 6.35. The lowest BCUT2D eigenvalue weighted by Gasteiger charge is -2.21. The van der Waals surface area contributed by atoms with E-state index in [1.807, 2.05) is 24.9 Å². The number of benzene rings is 2. The van der Waals surface area contributed by atoms with Gasteiger partial charge in [-0.25, -0.2) is 0 Å². The van der Waals surface area contributed by atoms with Crippen LogP contribution in [0.2, 0.25) is 0 Å². The highest BCUT2D eigenvalue weighted by atomic mass is 19.4. The minimum Gasteiger partial charge on any atom is -0.298 e. The predicted octanol–water partition coefficient (Wildman–Crippen LogP) is 6.83. The molecule has 0 unspecified atom stereocenters. The van der Waals surface area contributed by atoms with Crippen LogP contribution >= 0.6 is 0 Å². The SMILES string of the molecule is CCc1cccc(CC)c1-c1ccc(CN(C)Cc2ccccc2C(F)(F)F)c(C)n1. The summed E-state index contributed by atoms with van der Waals surface area (Å²) in [6.07, 6.45) is -2.47. The molecule has 0 aliphatic carbocycles. The van der Waals surface area contributed by atoms with E-state index in [-0.39, 0.29) is 12.1 Å². The average Bonchev–Trinajstić information content (AvgIpc) is 2.74. The Bertz CT molecular complexity index is 1020. The van der Waals surface area contributed by atoms with Gasteiger partial charge in [0.05, 0.1) is 11.3 Å². The van der Waals surface area contributed by atoms with Crippen LogP contribution in [0.1, 0.15) is 47.4 Å². The first-order chi connectivity index (χ1) is 14.7. The second-order valence-corrected chi connectivity index (χ2v) is 7.93. The van der Waals surface area contributed by atoms with Crippen molar-refractivity contribution in [3.8, 4) is 11.3 Å². The van der Waals surface area contributed by atoms with Gasteiger partial charge in [0.15, 0.2) is 0 Å². The highest BCUT2D eigenvalue weighted by molar-refractivity contribution is 5.68. The van der Waals surface area contributed by atoms with E-state index in [2.05, 4.69) is 38.1 Å². The lowest BCUT2D eigenvalue weighted by Crippen LogP contribution is -2.21. The van der Waals surface area contributed by atoms with Gasteiger partial charge in [-0.15, -0.1) is 0 Å². The molecule has 1 heterocycles. The van der Waals surface area contributed by atoms with E-state index in [0.29, 0.717) is 6.54 Å². The van der Waals surface area contributed by atoms with Gasteiger partial charge in [-0.3, -0.25) is 9.88 Å².